The van der Waals surface area contributed by atoms with E-state index in [2.05, 4.69) is 118 Å². The molecule has 0 amide bonds. The van der Waals surface area contributed by atoms with Gasteiger partial charge in [-0.3, -0.25) is 14.4 Å². The highest BCUT2D eigenvalue weighted by Crippen LogP contribution is 2.26. The van der Waals surface area contributed by atoms with Crippen molar-refractivity contribution in [1.82, 2.24) is 0 Å². The molecule has 0 bridgehead atoms. The summed E-state index contributed by atoms with van der Waals surface area (Å²) in [5.41, 5.74) is 0. The number of aliphatic carboxylic acids is 1. The second-order valence-corrected chi connectivity index (χ2v) is 19.5. The Kier molecular flexibility index (Phi) is 46.2. The predicted molar refractivity (Wildman–Crippen MR) is 303 cm³/mol. The van der Waals surface area contributed by atoms with Crippen LogP contribution >= 0.6 is 0 Å². The number of hydrogen-bond acceptors (Lipinski definition) is 11. The van der Waals surface area contributed by atoms with Gasteiger partial charge < -0.3 is 39.0 Å². The number of allylic oxidation sites excluding steroid dienone is 16. The molecule has 0 aromatic heterocycles. The number of aliphatic hydroxyl groups excluding tert-OH is 2. The Morgan fingerprint density at radius 1 is 0.453 bits per heavy atom. The van der Waals surface area contributed by atoms with Gasteiger partial charge in [0, 0.05) is 19.3 Å². The van der Waals surface area contributed by atoms with Crippen LogP contribution in [0.2, 0.25) is 0 Å². The van der Waals surface area contributed by atoms with Crippen LogP contribution in [0.25, 0.3) is 0 Å². The molecular weight excluding hydrogens is 949 g/mol. The molecule has 426 valence electrons. The molecule has 0 saturated carbocycles. The zero-order chi connectivity index (χ0) is 54.7. The molecule has 6 atom stereocenters. The van der Waals surface area contributed by atoms with Crippen LogP contribution in [0.5, 0.6) is 0 Å². The van der Waals surface area contributed by atoms with E-state index in [0.717, 1.165) is 135 Å². The minimum absolute atomic E-state index is 0.0404. The van der Waals surface area contributed by atoms with Gasteiger partial charge in [0.1, 0.15) is 18.8 Å². The third-order valence-electron chi connectivity index (χ3n) is 12.6. The summed E-state index contributed by atoms with van der Waals surface area (Å²) in [5, 5.41) is 31.4. The maximum absolute atomic E-state index is 13.1. The molecular formula is C63H102O12. The van der Waals surface area contributed by atoms with Crippen LogP contribution in [0.1, 0.15) is 226 Å². The molecule has 1 aliphatic heterocycles. The lowest BCUT2D eigenvalue weighted by Gasteiger charge is -2.40. The highest BCUT2D eigenvalue weighted by molar-refractivity contribution is 5.74. The number of hydrogen-bond donors (Lipinski definition) is 3. The Hall–Kier alpha value is -4.36. The zero-order valence-electron chi connectivity index (χ0n) is 46.8. The second-order valence-electron chi connectivity index (χ2n) is 19.5. The first-order valence-corrected chi connectivity index (χ1v) is 29.2. The molecule has 0 radical (unpaired) electrons. The highest BCUT2D eigenvalue weighted by atomic mass is 16.7. The SMILES string of the molecule is CC/C=C\C/C=C\C/C=C\C/C=C\CCCCC(=O)OC(COC(=O)CCCCCCCCC/C=C\C/C=C\C/C=C\CC)COC1OC(C(=O)O)C(O)C(O)C1OC(=O)CCCCCCC/C=C\CCCCCC. The van der Waals surface area contributed by atoms with Crippen molar-refractivity contribution in [2.45, 2.75) is 263 Å². The number of esters is 3. The normalized spacial score (nSPS) is 18.9. The van der Waals surface area contributed by atoms with Crippen LogP contribution in [-0.2, 0) is 42.9 Å². The Balaban J connectivity index is 2.74. The van der Waals surface area contributed by atoms with E-state index in [4.69, 9.17) is 23.7 Å². The van der Waals surface area contributed by atoms with E-state index < -0.39 is 67.3 Å². The van der Waals surface area contributed by atoms with E-state index in [1.807, 2.05) is 0 Å². The minimum Gasteiger partial charge on any atom is -0.479 e. The largest absolute Gasteiger partial charge is 0.479 e. The van der Waals surface area contributed by atoms with Crippen LogP contribution < -0.4 is 0 Å². The molecule has 1 fully saturated rings. The van der Waals surface area contributed by atoms with E-state index >= 15 is 0 Å². The van der Waals surface area contributed by atoms with E-state index in [1.54, 1.807) is 0 Å². The molecule has 75 heavy (non-hydrogen) atoms. The molecule has 6 unspecified atom stereocenters. The van der Waals surface area contributed by atoms with Crippen LogP contribution in [0.3, 0.4) is 0 Å². The number of carboxylic acids is 1. The van der Waals surface area contributed by atoms with Gasteiger partial charge in [0.25, 0.3) is 0 Å². The maximum Gasteiger partial charge on any atom is 0.335 e. The molecule has 0 aliphatic carbocycles. The second kappa shape index (κ2) is 50.5. The molecule has 3 N–H and O–H groups in total. The molecule has 0 spiro atoms. The molecule has 12 heteroatoms. The predicted octanol–water partition coefficient (Wildman–Crippen LogP) is 14.9. The topological polar surface area (TPSA) is 175 Å². The first kappa shape index (κ1) is 68.7. The zero-order valence-corrected chi connectivity index (χ0v) is 46.8. The van der Waals surface area contributed by atoms with Gasteiger partial charge in [-0.15, -0.1) is 0 Å². The molecule has 1 saturated heterocycles. The van der Waals surface area contributed by atoms with Crippen molar-refractivity contribution in [3.05, 3.63) is 97.2 Å². The monoisotopic (exact) mass is 1050 g/mol. The van der Waals surface area contributed by atoms with Gasteiger partial charge in [0.05, 0.1) is 6.61 Å². The van der Waals surface area contributed by atoms with Crippen molar-refractivity contribution >= 4 is 23.9 Å². The number of aliphatic hydroxyl groups is 2. The first-order valence-electron chi connectivity index (χ1n) is 29.2. The van der Waals surface area contributed by atoms with Crippen LogP contribution in [0.15, 0.2) is 97.2 Å². The fourth-order valence-electron chi connectivity index (χ4n) is 8.19. The lowest BCUT2D eigenvalue weighted by atomic mass is 9.98. The van der Waals surface area contributed by atoms with Crippen molar-refractivity contribution in [3.63, 3.8) is 0 Å². The fraction of sp³-hybridized carbons (Fsp3) is 0.683. The summed E-state index contributed by atoms with van der Waals surface area (Å²) >= 11 is 0. The average Bonchev–Trinajstić information content (AvgIpc) is 3.39. The summed E-state index contributed by atoms with van der Waals surface area (Å²) in [6, 6.07) is 0. The molecule has 12 nitrogen and oxygen atoms in total. The highest BCUT2D eigenvalue weighted by Gasteiger charge is 2.50. The summed E-state index contributed by atoms with van der Waals surface area (Å²) in [6.45, 7) is 5.69. The smallest absolute Gasteiger partial charge is 0.335 e. The lowest BCUT2D eigenvalue weighted by Crippen LogP contribution is -2.61. The van der Waals surface area contributed by atoms with Gasteiger partial charge in [-0.2, -0.15) is 0 Å². The number of carbonyl (C=O) groups is 4. The minimum atomic E-state index is -1.92. The average molecular weight is 1050 g/mol. The van der Waals surface area contributed by atoms with Crippen LogP contribution in [0, 0.1) is 0 Å². The van der Waals surface area contributed by atoms with E-state index in [9.17, 15) is 34.5 Å². The third-order valence-corrected chi connectivity index (χ3v) is 12.6. The van der Waals surface area contributed by atoms with Gasteiger partial charge in [0.15, 0.2) is 24.6 Å². The van der Waals surface area contributed by atoms with E-state index in [1.165, 1.54) is 32.1 Å². The Morgan fingerprint density at radius 3 is 1.32 bits per heavy atom. The van der Waals surface area contributed by atoms with Crippen molar-refractivity contribution < 1.29 is 58.2 Å². The Bertz CT molecular complexity index is 1670. The molecule has 0 aromatic carbocycles. The molecule has 1 rings (SSSR count). The molecule has 0 aromatic rings. The summed E-state index contributed by atoms with van der Waals surface area (Å²) in [5.74, 6) is -3.21. The number of rotatable bonds is 48. The molecule has 1 aliphatic rings. The van der Waals surface area contributed by atoms with Gasteiger partial charge in [-0.1, -0.05) is 189 Å². The van der Waals surface area contributed by atoms with Gasteiger partial charge >= 0.3 is 23.9 Å². The van der Waals surface area contributed by atoms with Crippen molar-refractivity contribution in [2.24, 2.45) is 0 Å². The third kappa shape index (κ3) is 40.6. The Labute approximate surface area is 453 Å². The van der Waals surface area contributed by atoms with Gasteiger partial charge in [-0.05, 0) is 116 Å². The summed E-state index contributed by atoms with van der Waals surface area (Å²) < 4.78 is 28.4. The number of carbonyl (C=O) groups excluding carboxylic acids is 3. The van der Waals surface area contributed by atoms with Crippen molar-refractivity contribution in [3.8, 4) is 0 Å². The number of carboxylic acid groups (broad SMARTS) is 1. The van der Waals surface area contributed by atoms with Gasteiger partial charge in [0.2, 0.25) is 0 Å². The summed E-state index contributed by atoms with van der Waals surface area (Å²) in [4.78, 5) is 51.1. The van der Waals surface area contributed by atoms with Crippen molar-refractivity contribution in [1.29, 1.82) is 0 Å². The number of unbranched alkanes of at least 4 members (excludes halogenated alkanes) is 18. The van der Waals surface area contributed by atoms with Crippen LogP contribution in [-0.4, -0.2) is 89.2 Å². The van der Waals surface area contributed by atoms with Gasteiger partial charge in [-0.25, -0.2) is 4.79 Å². The Morgan fingerprint density at radius 2 is 0.840 bits per heavy atom. The van der Waals surface area contributed by atoms with Crippen LogP contribution in [0.4, 0.5) is 0 Å². The van der Waals surface area contributed by atoms with Crippen molar-refractivity contribution in [2.75, 3.05) is 13.2 Å². The standard InChI is InChI=1S/C63H102O12/c1-4-7-10-13-16-19-22-25-27-28-30-32-34-37-40-43-46-49-55(64)71-52-54(73-56(65)50-47-44-41-38-36-33-29-26-23-20-17-14-11-8-5-2)53-72-63-61(59(68)58(67)60(75-63)62(69)70)74-57(66)51-48-45-42-39-35-31-24-21-18-15-12-9-6-3/h7-8,10-11,16-17,19-21,24-27,29,36,38,54,58-61,63,67-68H,4-6,9,12-15,18,22-23,28,30-35,37,39-53H2,1-3H3,(H,69,70)/b10-7-,11-8-,19-16-,20-17-,24-21-,27-25-,29-26-,38-36-. The number of ether oxygens (including phenoxy) is 5. The summed E-state index contributed by atoms with van der Waals surface area (Å²) in [6.07, 6.45) is 53.8. The van der Waals surface area contributed by atoms with E-state index in [-0.39, 0.29) is 25.9 Å². The quantitative estimate of drug-likeness (QED) is 0.0228. The maximum atomic E-state index is 13.1. The lowest BCUT2D eigenvalue weighted by molar-refractivity contribution is -0.301. The van der Waals surface area contributed by atoms with E-state index in [0.29, 0.717) is 19.3 Å². The summed E-state index contributed by atoms with van der Waals surface area (Å²) in [7, 11) is 0. The fourth-order valence-corrected chi connectivity index (χ4v) is 8.19. The molecule has 1 heterocycles. The first-order chi connectivity index (χ1) is 36.6.